The second-order valence-corrected chi connectivity index (χ2v) is 3.67. The number of rotatable bonds is 2. The summed E-state index contributed by atoms with van der Waals surface area (Å²) in [7, 11) is 0.828. The molecular formula is C4H4Br2F4O. The van der Waals surface area contributed by atoms with Gasteiger partial charge in [-0.1, -0.05) is 15.9 Å². The molecule has 68 valence electrons. The Morgan fingerprint density at radius 1 is 1.27 bits per heavy atom. The molecule has 11 heavy (non-hydrogen) atoms. The van der Waals surface area contributed by atoms with Crippen LogP contribution in [-0.2, 0) is 4.74 Å². The molecule has 0 aliphatic heterocycles. The predicted octanol–water partition coefficient (Wildman–Crippen LogP) is 2.98. The third-order valence-corrected chi connectivity index (χ3v) is 3.36. The molecule has 1 nitrogen and oxygen atoms in total. The molecule has 2 atom stereocenters. The summed E-state index contributed by atoms with van der Waals surface area (Å²) in [4.78, 5) is -2.38. The molecule has 0 bridgehead atoms. The Hall–Kier alpha value is 0.640. The zero-order valence-corrected chi connectivity index (χ0v) is 8.43. The maximum Gasteiger partial charge on any atom is 0.407 e. The molecule has 0 N–H and O–H groups in total. The van der Waals surface area contributed by atoms with E-state index >= 15 is 0 Å². The molecule has 0 saturated carbocycles. The first-order chi connectivity index (χ1) is 4.72. The van der Waals surface area contributed by atoms with Crippen molar-refractivity contribution < 1.29 is 22.3 Å². The second kappa shape index (κ2) is 3.57. The molecule has 0 spiro atoms. The smallest absolute Gasteiger partial charge is 0.340 e. The zero-order valence-electron chi connectivity index (χ0n) is 5.25. The van der Waals surface area contributed by atoms with Crippen LogP contribution in [0.1, 0.15) is 0 Å². The van der Waals surface area contributed by atoms with E-state index in [2.05, 4.69) is 36.6 Å². The van der Waals surface area contributed by atoms with E-state index in [0.717, 1.165) is 7.11 Å². The van der Waals surface area contributed by atoms with E-state index in [-0.39, 0.29) is 0 Å². The Balaban J connectivity index is 4.35. The molecule has 0 aliphatic rings. The third-order valence-electron chi connectivity index (χ3n) is 0.855. The van der Waals surface area contributed by atoms with Crippen LogP contribution in [0, 0.1) is 0 Å². The summed E-state index contributed by atoms with van der Waals surface area (Å²) in [6.45, 7) is 0. The minimum absolute atomic E-state index is 0.828. The average Bonchev–Trinajstić information content (AvgIpc) is 1.84. The van der Waals surface area contributed by atoms with Crippen LogP contribution < -0.4 is 0 Å². The molecule has 0 aromatic rings. The van der Waals surface area contributed by atoms with Crippen molar-refractivity contribution in [3.05, 3.63) is 0 Å². The summed E-state index contributed by atoms with van der Waals surface area (Å²) in [6, 6.07) is 0. The first kappa shape index (κ1) is 11.6. The van der Waals surface area contributed by atoms with Crippen LogP contribution in [0.5, 0.6) is 0 Å². The molecule has 0 saturated heterocycles. The summed E-state index contributed by atoms with van der Waals surface area (Å²) >= 11 is 4.23. The molecule has 0 aromatic heterocycles. The van der Waals surface area contributed by atoms with Gasteiger partial charge in [0, 0.05) is 7.11 Å². The minimum atomic E-state index is -4.69. The number of halogens is 6. The van der Waals surface area contributed by atoms with E-state index in [1.54, 1.807) is 0 Å². The lowest BCUT2D eigenvalue weighted by Gasteiger charge is -2.23. The molecule has 0 aliphatic carbocycles. The Kier molecular flexibility index (Phi) is 3.78. The van der Waals surface area contributed by atoms with Gasteiger partial charge in [-0.15, -0.1) is 0 Å². The lowest BCUT2D eigenvalue weighted by Crippen LogP contribution is -2.40. The molecular weight excluding hydrogens is 300 g/mol. The van der Waals surface area contributed by atoms with E-state index in [1.807, 2.05) is 0 Å². The molecule has 0 aromatic carbocycles. The van der Waals surface area contributed by atoms with E-state index in [1.165, 1.54) is 0 Å². The largest absolute Gasteiger partial charge is 0.407 e. The van der Waals surface area contributed by atoms with Crippen molar-refractivity contribution in [2.75, 3.05) is 7.11 Å². The number of hydrogen-bond donors (Lipinski definition) is 0. The van der Waals surface area contributed by atoms with Gasteiger partial charge in [-0.3, -0.25) is 0 Å². The second-order valence-electron chi connectivity index (χ2n) is 1.67. The number of ether oxygens (including phenoxy) is 1. The fourth-order valence-electron chi connectivity index (χ4n) is 0.294. The standard InChI is InChI=1S/C4H4Br2F4O/c1-11-3(6,7)2(5)4(8,9)10/h2H,1H3/t2-,3+/m1/s1. The van der Waals surface area contributed by atoms with E-state index in [9.17, 15) is 17.6 Å². The molecule has 0 amide bonds. The lowest BCUT2D eigenvalue weighted by molar-refractivity contribution is -0.176. The van der Waals surface area contributed by atoms with Crippen molar-refractivity contribution in [1.29, 1.82) is 0 Å². The van der Waals surface area contributed by atoms with Gasteiger partial charge < -0.3 is 4.74 Å². The fourth-order valence-corrected chi connectivity index (χ4v) is 0.740. The molecule has 7 heteroatoms. The SMILES string of the molecule is CO[C@](F)(Br)[C@@H](Br)C(F)(F)F. The van der Waals surface area contributed by atoms with Crippen molar-refractivity contribution in [2.24, 2.45) is 0 Å². The highest BCUT2D eigenvalue weighted by molar-refractivity contribution is 9.12. The normalized spacial score (nSPS) is 21.0. The summed E-state index contributed by atoms with van der Waals surface area (Å²) < 4.78 is 48.8. The van der Waals surface area contributed by atoms with Gasteiger partial charge in [-0.25, -0.2) is 0 Å². The van der Waals surface area contributed by atoms with Crippen LogP contribution >= 0.6 is 31.9 Å². The van der Waals surface area contributed by atoms with E-state index < -0.39 is 15.8 Å². The Bertz CT molecular complexity index is 135. The molecule has 0 rings (SSSR count). The van der Waals surface area contributed by atoms with Gasteiger partial charge in [0.25, 0.3) is 4.76 Å². The van der Waals surface area contributed by atoms with Crippen LogP contribution in [0.4, 0.5) is 17.6 Å². The molecule has 0 radical (unpaired) electrons. The average molecular weight is 304 g/mol. The quantitative estimate of drug-likeness (QED) is 0.563. The van der Waals surface area contributed by atoms with Crippen LogP contribution in [0.15, 0.2) is 0 Å². The Labute approximate surface area is 77.3 Å². The molecule has 0 unspecified atom stereocenters. The minimum Gasteiger partial charge on any atom is -0.340 e. The maximum atomic E-state index is 12.6. The number of methoxy groups -OCH3 is 1. The molecule has 0 fully saturated rings. The first-order valence-electron chi connectivity index (χ1n) is 2.35. The Morgan fingerprint density at radius 2 is 1.64 bits per heavy atom. The first-order valence-corrected chi connectivity index (χ1v) is 4.06. The highest BCUT2D eigenvalue weighted by Gasteiger charge is 2.52. The van der Waals surface area contributed by atoms with Gasteiger partial charge in [0.05, 0.1) is 0 Å². The fraction of sp³-hybridized carbons (Fsp3) is 1.00. The Morgan fingerprint density at radius 3 is 1.73 bits per heavy atom. The van der Waals surface area contributed by atoms with Crippen LogP contribution in [0.25, 0.3) is 0 Å². The summed E-state index contributed by atoms with van der Waals surface area (Å²) in [5, 5.41) is 0. The van der Waals surface area contributed by atoms with Gasteiger partial charge in [-0.05, 0) is 15.9 Å². The third kappa shape index (κ3) is 3.25. The van der Waals surface area contributed by atoms with Gasteiger partial charge in [0.2, 0.25) is 0 Å². The predicted molar refractivity (Wildman–Crippen MR) is 38.5 cm³/mol. The van der Waals surface area contributed by atoms with E-state index in [4.69, 9.17) is 0 Å². The lowest BCUT2D eigenvalue weighted by atomic mass is 10.4. The highest BCUT2D eigenvalue weighted by Crippen LogP contribution is 2.40. The van der Waals surface area contributed by atoms with E-state index in [0.29, 0.717) is 0 Å². The van der Waals surface area contributed by atoms with Crippen molar-refractivity contribution in [2.45, 2.75) is 15.8 Å². The van der Waals surface area contributed by atoms with Gasteiger partial charge in [0.15, 0.2) is 4.83 Å². The summed E-state index contributed by atoms with van der Waals surface area (Å²) in [5.74, 6) is 0. The highest BCUT2D eigenvalue weighted by atomic mass is 79.9. The zero-order chi connectivity index (χ0) is 9.28. The van der Waals surface area contributed by atoms with Crippen molar-refractivity contribution in [1.82, 2.24) is 0 Å². The van der Waals surface area contributed by atoms with Crippen molar-refractivity contribution in [3.8, 4) is 0 Å². The van der Waals surface area contributed by atoms with Crippen LogP contribution in [0.3, 0.4) is 0 Å². The summed E-state index contributed by atoms with van der Waals surface area (Å²) in [5.41, 5.74) is 0. The number of alkyl halides is 6. The topological polar surface area (TPSA) is 9.23 Å². The van der Waals surface area contributed by atoms with Crippen LogP contribution in [0.2, 0.25) is 0 Å². The summed E-state index contributed by atoms with van der Waals surface area (Å²) in [6.07, 6.45) is -4.69. The van der Waals surface area contributed by atoms with Gasteiger partial charge in [0.1, 0.15) is 0 Å². The van der Waals surface area contributed by atoms with Gasteiger partial charge in [-0.2, -0.15) is 17.6 Å². The molecule has 0 heterocycles. The van der Waals surface area contributed by atoms with Crippen molar-refractivity contribution >= 4 is 31.9 Å². The number of hydrogen-bond acceptors (Lipinski definition) is 1. The van der Waals surface area contributed by atoms with Gasteiger partial charge >= 0.3 is 6.18 Å². The monoisotopic (exact) mass is 302 g/mol. The van der Waals surface area contributed by atoms with Crippen molar-refractivity contribution in [3.63, 3.8) is 0 Å². The maximum absolute atomic E-state index is 12.6. The van der Waals surface area contributed by atoms with Crippen LogP contribution in [-0.4, -0.2) is 22.9 Å².